The van der Waals surface area contributed by atoms with Gasteiger partial charge in [0.25, 0.3) is 10.0 Å². The molecule has 3 rings (SSSR count). The standard InChI is InChI=1S/C30H34Cl3N3O4S/c1-5-28(30(38)34-17-20(2)3)35(18-22-8-6-7-9-27(22)33)29(37)19-36(25-15-23(31)14-24(32)16-25)41(39,40)26-12-10-21(4)11-13-26/h6-16,20,28H,5,17-19H2,1-4H3,(H,34,38)/t28-/m1/s1. The van der Waals surface area contributed by atoms with Crippen molar-refractivity contribution in [2.45, 2.75) is 51.6 Å². The third-order valence-corrected chi connectivity index (χ3v) is 8.99. The molecule has 0 aromatic heterocycles. The van der Waals surface area contributed by atoms with Gasteiger partial charge in [0, 0.05) is 28.2 Å². The number of nitrogens with zero attached hydrogens (tertiary/aromatic N) is 2. The lowest BCUT2D eigenvalue weighted by atomic mass is 10.1. The molecule has 0 aliphatic carbocycles. The van der Waals surface area contributed by atoms with Crippen molar-refractivity contribution >= 4 is 62.3 Å². The number of sulfonamides is 1. The molecule has 0 heterocycles. The molecule has 2 amide bonds. The first-order chi connectivity index (χ1) is 19.3. The summed E-state index contributed by atoms with van der Waals surface area (Å²) in [5.74, 6) is -0.726. The van der Waals surface area contributed by atoms with Crippen LogP contribution in [0.4, 0.5) is 5.69 Å². The zero-order valence-electron chi connectivity index (χ0n) is 23.4. The maximum atomic E-state index is 14.1. The molecule has 0 saturated carbocycles. The first-order valence-electron chi connectivity index (χ1n) is 13.2. The molecular weight excluding hydrogens is 605 g/mol. The molecule has 3 aromatic carbocycles. The van der Waals surface area contributed by atoms with E-state index in [4.69, 9.17) is 34.8 Å². The van der Waals surface area contributed by atoms with E-state index < -0.39 is 28.5 Å². The molecule has 41 heavy (non-hydrogen) atoms. The van der Waals surface area contributed by atoms with Crippen molar-refractivity contribution in [1.29, 1.82) is 0 Å². The van der Waals surface area contributed by atoms with Gasteiger partial charge in [-0.25, -0.2) is 8.42 Å². The van der Waals surface area contributed by atoms with E-state index in [1.54, 1.807) is 43.3 Å². The smallest absolute Gasteiger partial charge is 0.264 e. The summed E-state index contributed by atoms with van der Waals surface area (Å²) in [6, 6.07) is 16.8. The van der Waals surface area contributed by atoms with E-state index in [0.29, 0.717) is 23.6 Å². The number of rotatable bonds is 12. The molecule has 3 aromatic rings. The summed E-state index contributed by atoms with van der Waals surface area (Å²) < 4.78 is 28.9. The number of aryl methyl sites for hydroxylation is 1. The average Bonchev–Trinajstić information content (AvgIpc) is 2.90. The Labute approximate surface area is 257 Å². The maximum Gasteiger partial charge on any atom is 0.264 e. The number of hydrogen-bond donors (Lipinski definition) is 1. The van der Waals surface area contributed by atoms with E-state index in [1.165, 1.54) is 35.2 Å². The van der Waals surface area contributed by atoms with Gasteiger partial charge in [-0.1, -0.05) is 91.5 Å². The highest BCUT2D eigenvalue weighted by Gasteiger charge is 2.34. The van der Waals surface area contributed by atoms with Crippen LogP contribution in [0, 0.1) is 12.8 Å². The van der Waals surface area contributed by atoms with Crippen LogP contribution in [0.25, 0.3) is 0 Å². The van der Waals surface area contributed by atoms with Crippen LogP contribution in [0.5, 0.6) is 0 Å². The van der Waals surface area contributed by atoms with Gasteiger partial charge >= 0.3 is 0 Å². The molecule has 0 unspecified atom stereocenters. The Morgan fingerprint density at radius 2 is 1.54 bits per heavy atom. The van der Waals surface area contributed by atoms with E-state index >= 15 is 0 Å². The molecule has 7 nitrogen and oxygen atoms in total. The van der Waals surface area contributed by atoms with Gasteiger partial charge < -0.3 is 10.2 Å². The van der Waals surface area contributed by atoms with Crippen LogP contribution in [0.15, 0.2) is 71.6 Å². The van der Waals surface area contributed by atoms with Crippen molar-refractivity contribution in [2.24, 2.45) is 5.92 Å². The molecule has 0 bridgehead atoms. The van der Waals surface area contributed by atoms with Crippen molar-refractivity contribution < 1.29 is 18.0 Å². The molecule has 0 aliphatic rings. The Morgan fingerprint density at radius 1 is 0.927 bits per heavy atom. The van der Waals surface area contributed by atoms with Crippen molar-refractivity contribution in [3.8, 4) is 0 Å². The number of halogens is 3. The van der Waals surface area contributed by atoms with Crippen molar-refractivity contribution in [2.75, 3.05) is 17.4 Å². The van der Waals surface area contributed by atoms with E-state index in [2.05, 4.69) is 5.32 Å². The number of nitrogens with one attached hydrogen (secondary N) is 1. The first kappa shape index (κ1) is 32.7. The summed E-state index contributed by atoms with van der Waals surface area (Å²) in [5.41, 5.74) is 1.62. The Kier molecular flexibility index (Phi) is 11.5. The fourth-order valence-corrected chi connectivity index (χ4v) is 6.31. The molecule has 0 saturated heterocycles. The highest BCUT2D eigenvalue weighted by molar-refractivity contribution is 7.92. The highest BCUT2D eigenvalue weighted by Crippen LogP contribution is 2.30. The molecule has 11 heteroatoms. The minimum Gasteiger partial charge on any atom is -0.354 e. The second-order valence-electron chi connectivity index (χ2n) is 10.1. The van der Waals surface area contributed by atoms with Crippen LogP contribution in [0.2, 0.25) is 15.1 Å². The van der Waals surface area contributed by atoms with Gasteiger partial charge in [-0.2, -0.15) is 0 Å². The van der Waals surface area contributed by atoms with E-state index in [-0.39, 0.29) is 39.0 Å². The summed E-state index contributed by atoms with van der Waals surface area (Å²) in [7, 11) is -4.25. The molecular formula is C30H34Cl3N3O4S. The van der Waals surface area contributed by atoms with E-state index in [0.717, 1.165) is 9.87 Å². The van der Waals surface area contributed by atoms with Crippen LogP contribution >= 0.6 is 34.8 Å². The molecule has 0 fully saturated rings. The number of benzene rings is 3. The quantitative estimate of drug-likeness (QED) is 0.238. The first-order valence-corrected chi connectivity index (χ1v) is 15.8. The van der Waals surface area contributed by atoms with Gasteiger partial charge in [-0.15, -0.1) is 0 Å². The number of amides is 2. The van der Waals surface area contributed by atoms with Crippen molar-refractivity contribution in [3.63, 3.8) is 0 Å². The largest absolute Gasteiger partial charge is 0.354 e. The van der Waals surface area contributed by atoms with Gasteiger partial charge in [0.1, 0.15) is 12.6 Å². The lowest BCUT2D eigenvalue weighted by Gasteiger charge is -2.33. The van der Waals surface area contributed by atoms with Crippen LogP contribution in [0.3, 0.4) is 0 Å². The van der Waals surface area contributed by atoms with Gasteiger partial charge in [-0.05, 0) is 61.2 Å². The number of carbonyl (C=O) groups excluding carboxylic acids is 2. The number of anilines is 1. The third kappa shape index (κ3) is 8.61. The maximum absolute atomic E-state index is 14.1. The Balaban J connectivity index is 2.09. The Bertz CT molecular complexity index is 1460. The summed E-state index contributed by atoms with van der Waals surface area (Å²) >= 11 is 18.9. The average molecular weight is 639 g/mol. The molecule has 0 aliphatic heterocycles. The van der Waals surface area contributed by atoms with Crippen molar-refractivity contribution in [1.82, 2.24) is 10.2 Å². The van der Waals surface area contributed by atoms with Crippen LogP contribution in [-0.4, -0.2) is 44.3 Å². The van der Waals surface area contributed by atoms with Gasteiger partial charge in [-0.3, -0.25) is 13.9 Å². The second-order valence-corrected chi connectivity index (χ2v) is 13.3. The summed E-state index contributed by atoms with van der Waals surface area (Å²) in [4.78, 5) is 28.8. The third-order valence-electron chi connectivity index (χ3n) is 6.39. The number of hydrogen-bond acceptors (Lipinski definition) is 4. The number of carbonyl (C=O) groups is 2. The summed E-state index contributed by atoms with van der Waals surface area (Å²) in [5, 5.41) is 3.73. The summed E-state index contributed by atoms with van der Waals surface area (Å²) in [6.45, 7) is 7.40. The lowest BCUT2D eigenvalue weighted by molar-refractivity contribution is -0.140. The van der Waals surface area contributed by atoms with Crippen LogP contribution < -0.4 is 9.62 Å². The van der Waals surface area contributed by atoms with Gasteiger partial charge in [0.05, 0.1) is 10.6 Å². The Morgan fingerprint density at radius 3 is 2.10 bits per heavy atom. The van der Waals surface area contributed by atoms with Crippen LogP contribution in [0.1, 0.15) is 38.3 Å². The minimum atomic E-state index is -4.25. The summed E-state index contributed by atoms with van der Waals surface area (Å²) in [6.07, 6.45) is 0.299. The molecule has 1 N–H and O–H groups in total. The Hall–Kier alpha value is -2.78. The topological polar surface area (TPSA) is 86.8 Å². The SMILES string of the molecule is CC[C@H](C(=O)NCC(C)C)N(Cc1ccccc1Cl)C(=O)CN(c1cc(Cl)cc(Cl)c1)S(=O)(=O)c1ccc(C)cc1. The monoisotopic (exact) mass is 637 g/mol. The van der Waals surface area contributed by atoms with Gasteiger partial charge in [0.15, 0.2) is 0 Å². The zero-order chi connectivity index (χ0) is 30.3. The normalized spacial score (nSPS) is 12.2. The predicted molar refractivity (Wildman–Crippen MR) is 166 cm³/mol. The molecule has 0 spiro atoms. The second kappa shape index (κ2) is 14.4. The highest BCUT2D eigenvalue weighted by atomic mass is 35.5. The fraction of sp³-hybridized carbons (Fsp3) is 0.333. The van der Waals surface area contributed by atoms with Gasteiger partial charge in [0.2, 0.25) is 11.8 Å². The van der Waals surface area contributed by atoms with Crippen molar-refractivity contribution in [3.05, 3.63) is 92.9 Å². The molecule has 1 atom stereocenters. The predicted octanol–water partition coefficient (Wildman–Crippen LogP) is 6.73. The zero-order valence-corrected chi connectivity index (χ0v) is 26.5. The lowest BCUT2D eigenvalue weighted by Crippen LogP contribution is -2.52. The van der Waals surface area contributed by atoms with E-state index in [1.807, 2.05) is 20.8 Å². The van der Waals surface area contributed by atoms with E-state index in [9.17, 15) is 18.0 Å². The minimum absolute atomic E-state index is 0.000827. The fourth-order valence-electron chi connectivity index (χ4n) is 4.20. The van der Waals surface area contributed by atoms with Crippen LogP contribution in [-0.2, 0) is 26.2 Å². The molecule has 0 radical (unpaired) electrons. The molecule has 220 valence electrons.